The number of carbonyl (C=O) groups excluding carboxylic acids is 2. The van der Waals surface area contributed by atoms with E-state index in [1.165, 1.54) is 0 Å². The second kappa shape index (κ2) is 8.91. The highest BCUT2D eigenvalue weighted by Gasteiger charge is 2.10. The van der Waals surface area contributed by atoms with Gasteiger partial charge < -0.3 is 21.4 Å². The molecule has 0 aliphatic carbocycles. The van der Waals surface area contributed by atoms with Crippen molar-refractivity contribution in [3.63, 3.8) is 0 Å². The molecule has 0 aliphatic heterocycles. The molecule has 0 aliphatic rings. The van der Waals surface area contributed by atoms with Crippen LogP contribution in [-0.2, 0) is 0 Å². The zero-order chi connectivity index (χ0) is 23.5. The van der Waals surface area contributed by atoms with Gasteiger partial charge in [-0.15, -0.1) is 0 Å². The molecule has 1 heterocycles. The number of nitrogens with one attached hydrogen (secondary N) is 3. The minimum absolute atomic E-state index is 0.170. The lowest BCUT2D eigenvalue weighted by atomic mass is 10.1. The Hall–Kier alpha value is -4.91. The standard InChI is InChI=1S/C27H21N5O2/c28-20-10-6-19(7-11-20)27(34)29-21-12-8-17(9-13-21)25-31-23-15-14-22(16-24(23)32-25)30-26(33)18-4-2-1-3-5-18/h1-16H,28H2,(H,29,34)(H,30,33)(H,31,32). The number of hydrogen-bond donors (Lipinski definition) is 4. The van der Waals surface area contributed by atoms with Crippen LogP contribution in [0.1, 0.15) is 20.7 Å². The van der Waals surface area contributed by atoms with E-state index >= 15 is 0 Å². The van der Waals surface area contributed by atoms with E-state index in [9.17, 15) is 9.59 Å². The first-order chi connectivity index (χ1) is 16.5. The van der Waals surface area contributed by atoms with Gasteiger partial charge in [-0.3, -0.25) is 9.59 Å². The monoisotopic (exact) mass is 447 g/mol. The third-order valence-corrected chi connectivity index (χ3v) is 5.36. The number of amides is 2. The lowest BCUT2D eigenvalue weighted by Crippen LogP contribution is -2.11. The number of nitrogens with zero attached hydrogens (tertiary/aromatic N) is 1. The molecule has 7 heteroatoms. The van der Waals surface area contributed by atoms with Crippen LogP contribution in [0.2, 0.25) is 0 Å². The normalized spacial score (nSPS) is 10.7. The van der Waals surface area contributed by atoms with Gasteiger partial charge in [-0.2, -0.15) is 0 Å². The number of rotatable bonds is 5. The Balaban J connectivity index is 1.30. The van der Waals surface area contributed by atoms with Crippen molar-refractivity contribution in [2.24, 2.45) is 0 Å². The lowest BCUT2D eigenvalue weighted by molar-refractivity contribution is 0.101. The molecule has 2 amide bonds. The minimum atomic E-state index is -0.207. The van der Waals surface area contributed by atoms with Gasteiger partial charge in [-0.05, 0) is 78.9 Å². The first-order valence-corrected chi connectivity index (χ1v) is 10.7. The van der Waals surface area contributed by atoms with Gasteiger partial charge in [0.25, 0.3) is 11.8 Å². The van der Waals surface area contributed by atoms with Gasteiger partial charge in [0, 0.05) is 33.8 Å². The fraction of sp³-hybridized carbons (Fsp3) is 0. The molecule has 7 nitrogen and oxygen atoms in total. The summed E-state index contributed by atoms with van der Waals surface area (Å²) in [6.45, 7) is 0. The van der Waals surface area contributed by atoms with E-state index in [1.807, 2.05) is 60.7 Å². The molecule has 5 rings (SSSR count). The highest BCUT2D eigenvalue weighted by molar-refractivity contribution is 6.05. The fourth-order valence-corrected chi connectivity index (χ4v) is 3.57. The van der Waals surface area contributed by atoms with Crippen molar-refractivity contribution < 1.29 is 9.59 Å². The average molecular weight is 447 g/mol. The molecule has 166 valence electrons. The number of aromatic nitrogens is 2. The molecule has 5 aromatic rings. The Morgan fingerprint density at radius 3 is 2.03 bits per heavy atom. The lowest BCUT2D eigenvalue weighted by Gasteiger charge is -2.06. The number of imidazole rings is 1. The Bertz CT molecular complexity index is 1470. The zero-order valence-corrected chi connectivity index (χ0v) is 18.1. The maximum atomic E-state index is 12.4. The third kappa shape index (κ3) is 4.49. The number of hydrogen-bond acceptors (Lipinski definition) is 4. The molecule has 1 aromatic heterocycles. The number of aromatic amines is 1. The van der Waals surface area contributed by atoms with Gasteiger partial charge in [0.15, 0.2) is 0 Å². The molecule has 34 heavy (non-hydrogen) atoms. The summed E-state index contributed by atoms with van der Waals surface area (Å²) >= 11 is 0. The zero-order valence-electron chi connectivity index (χ0n) is 18.1. The van der Waals surface area contributed by atoms with Gasteiger partial charge in [0.1, 0.15) is 5.82 Å². The molecule has 0 spiro atoms. The van der Waals surface area contributed by atoms with Gasteiger partial charge >= 0.3 is 0 Å². The second-order valence-corrected chi connectivity index (χ2v) is 7.79. The molecule has 4 aromatic carbocycles. The fourth-order valence-electron chi connectivity index (χ4n) is 3.57. The van der Waals surface area contributed by atoms with Crippen LogP contribution in [0.15, 0.2) is 97.1 Å². The molecule has 0 saturated carbocycles. The van der Waals surface area contributed by atoms with Gasteiger partial charge in [-0.1, -0.05) is 18.2 Å². The predicted molar refractivity (Wildman–Crippen MR) is 135 cm³/mol. The van der Waals surface area contributed by atoms with Crippen LogP contribution in [-0.4, -0.2) is 21.8 Å². The molecular formula is C27H21N5O2. The van der Waals surface area contributed by atoms with Crippen LogP contribution in [0.3, 0.4) is 0 Å². The molecular weight excluding hydrogens is 426 g/mol. The van der Waals surface area contributed by atoms with Crippen molar-refractivity contribution in [1.82, 2.24) is 9.97 Å². The van der Waals surface area contributed by atoms with Gasteiger partial charge in [0.2, 0.25) is 0 Å². The quantitative estimate of drug-likeness (QED) is 0.273. The molecule has 0 saturated heterocycles. The second-order valence-electron chi connectivity index (χ2n) is 7.79. The average Bonchev–Trinajstić information content (AvgIpc) is 3.29. The number of anilines is 3. The number of H-pyrrole nitrogens is 1. The molecule has 0 fully saturated rings. The Labute approximate surface area is 195 Å². The van der Waals surface area contributed by atoms with Crippen LogP contribution < -0.4 is 16.4 Å². The van der Waals surface area contributed by atoms with Crippen molar-refractivity contribution in [3.8, 4) is 11.4 Å². The summed E-state index contributed by atoms with van der Waals surface area (Å²) in [5.41, 5.74) is 11.2. The number of fused-ring (bicyclic) bond motifs is 1. The van der Waals surface area contributed by atoms with E-state index in [0.717, 1.165) is 16.6 Å². The molecule has 0 unspecified atom stereocenters. The van der Waals surface area contributed by atoms with Crippen molar-refractivity contribution in [1.29, 1.82) is 0 Å². The van der Waals surface area contributed by atoms with Crippen LogP contribution in [0.4, 0.5) is 17.1 Å². The summed E-state index contributed by atoms with van der Waals surface area (Å²) in [4.78, 5) is 32.7. The molecule has 0 radical (unpaired) electrons. The summed E-state index contributed by atoms with van der Waals surface area (Å²) in [5.74, 6) is 0.316. The van der Waals surface area contributed by atoms with E-state index in [4.69, 9.17) is 5.73 Å². The highest BCUT2D eigenvalue weighted by atomic mass is 16.2. The first kappa shape index (κ1) is 21.0. The van der Waals surface area contributed by atoms with Crippen LogP contribution in [0, 0.1) is 0 Å². The van der Waals surface area contributed by atoms with Crippen molar-refractivity contribution in [3.05, 3.63) is 108 Å². The smallest absolute Gasteiger partial charge is 0.255 e. The molecule has 5 N–H and O–H groups in total. The van der Waals surface area contributed by atoms with Gasteiger partial charge in [0.05, 0.1) is 11.0 Å². The first-order valence-electron chi connectivity index (χ1n) is 10.7. The van der Waals surface area contributed by atoms with Gasteiger partial charge in [-0.25, -0.2) is 4.98 Å². The Kier molecular flexibility index (Phi) is 5.50. The molecule has 0 atom stereocenters. The summed E-state index contributed by atoms with van der Waals surface area (Å²) in [5, 5.41) is 5.78. The highest BCUT2D eigenvalue weighted by Crippen LogP contribution is 2.24. The van der Waals surface area contributed by atoms with E-state index in [1.54, 1.807) is 36.4 Å². The molecule has 0 bridgehead atoms. The largest absolute Gasteiger partial charge is 0.399 e. The van der Waals surface area contributed by atoms with Crippen molar-refractivity contribution >= 4 is 39.9 Å². The van der Waals surface area contributed by atoms with Crippen molar-refractivity contribution in [2.75, 3.05) is 16.4 Å². The van der Waals surface area contributed by atoms with Crippen LogP contribution >= 0.6 is 0 Å². The summed E-state index contributed by atoms with van der Waals surface area (Å²) in [7, 11) is 0. The van der Waals surface area contributed by atoms with Crippen LogP contribution in [0.5, 0.6) is 0 Å². The maximum absolute atomic E-state index is 12.4. The summed E-state index contributed by atoms with van der Waals surface area (Å²) < 4.78 is 0. The summed E-state index contributed by atoms with van der Waals surface area (Å²) in [6.07, 6.45) is 0. The maximum Gasteiger partial charge on any atom is 0.255 e. The van der Waals surface area contributed by atoms with E-state index in [-0.39, 0.29) is 11.8 Å². The van der Waals surface area contributed by atoms with Crippen LogP contribution in [0.25, 0.3) is 22.4 Å². The topological polar surface area (TPSA) is 113 Å². The number of nitrogens with two attached hydrogens (primary N) is 1. The minimum Gasteiger partial charge on any atom is -0.399 e. The predicted octanol–water partition coefficient (Wildman–Crippen LogP) is 5.32. The Morgan fingerprint density at radius 2 is 1.32 bits per heavy atom. The number of carbonyl (C=O) groups is 2. The SMILES string of the molecule is Nc1ccc(C(=O)Nc2ccc(-c3nc4ccc(NC(=O)c5ccccc5)cc4[nH]3)cc2)cc1. The van der Waals surface area contributed by atoms with Crippen molar-refractivity contribution in [2.45, 2.75) is 0 Å². The van der Waals surface area contributed by atoms with E-state index < -0.39 is 0 Å². The number of benzene rings is 4. The summed E-state index contributed by atoms with van der Waals surface area (Å²) in [6, 6.07) is 28.8. The van der Waals surface area contributed by atoms with E-state index in [2.05, 4.69) is 20.6 Å². The third-order valence-electron chi connectivity index (χ3n) is 5.36. The number of nitrogen functional groups attached to an aromatic ring is 1. The van der Waals surface area contributed by atoms with E-state index in [0.29, 0.717) is 34.0 Å². The Morgan fingerprint density at radius 1 is 0.706 bits per heavy atom.